The average Bonchev–Trinajstić information content (AvgIpc) is 2.55. The highest BCUT2D eigenvalue weighted by molar-refractivity contribution is 5.94. The summed E-state index contributed by atoms with van der Waals surface area (Å²) < 4.78 is 0. The van der Waals surface area contributed by atoms with Crippen LogP contribution in [0.2, 0.25) is 0 Å². The van der Waals surface area contributed by atoms with Crippen molar-refractivity contribution < 1.29 is 4.79 Å². The Hall–Kier alpha value is -2.13. The van der Waals surface area contributed by atoms with E-state index >= 15 is 0 Å². The largest absolute Gasteiger partial charge is 0.336 e. The zero-order valence-corrected chi connectivity index (χ0v) is 12.0. The van der Waals surface area contributed by atoms with Crippen LogP contribution in [0.25, 0.3) is 0 Å². The topological polar surface area (TPSA) is 46.3 Å². The van der Waals surface area contributed by atoms with Crippen molar-refractivity contribution >= 4 is 5.91 Å². The van der Waals surface area contributed by atoms with E-state index in [9.17, 15) is 4.79 Å². The number of nitrogens with zero attached hydrogens (tertiary/aromatic N) is 1. The minimum absolute atomic E-state index is 0.0385. The Morgan fingerprint density at radius 2 is 1.57 bits per heavy atom. The van der Waals surface area contributed by atoms with E-state index in [-0.39, 0.29) is 11.9 Å². The number of piperidine rings is 1. The molecule has 0 bridgehead atoms. The van der Waals surface area contributed by atoms with Crippen molar-refractivity contribution in [2.45, 2.75) is 18.4 Å². The van der Waals surface area contributed by atoms with Crippen LogP contribution in [0.15, 0.2) is 60.7 Å². The molecular formula is C18H20N2O. The molecule has 21 heavy (non-hydrogen) atoms. The predicted molar refractivity (Wildman–Crippen MR) is 84.1 cm³/mol. The fraction of sp³-hybridized carbons (Fsp3) is 0.278. The van der Waals surface area contributed by atoms with Crippen molar-refractivity contribution in [1.29, 1.82) is 0 Å². The van der Waals surface area contributed by atoms with E-state index in [2.05, 4.69) is 12.1 Å². The van der Waals surface area contributed by atoms with Crippen LogP contribution in [0.5, 0.6) is 0 Å². The molecule has 2 unspecified atom stereocenters. The first-order valence-electron chi connectivity index (χ1n) is 7.39. The number of amides is 1. The third kappa shape index (κ3) is 3.14. The second-order valence-electron chi connectivity index (χ2n) is 5.68. The van der Waals surface area contributed by atoms with Gasteiger partial charge < -0.3 is 10.6 Å². The van der Waals surface area contributed by atoms with Gasteiger partial charge >= 0.3 is 0 Å². The molecule has 3 rings (SSSR count). The summed E-state index contributed by atoms with van der Waals surface area (Å²) in [6, 6.07) is 19.8. The van der Waals surface area contributed by atoms with Gasteiger partial charge in [-0.05, 0) is 24.1 Å². The summed E-state index contributed by atoms with van der Waals surface area (Å²) in [6.07, 6.45) is 0.933. The monoisotopic (exact) mass is 280 g/mol. The van der Waals surface area contributed by atoms with E-state index < -0.39 is 0 Å². The van der Waals surface area contributed by atoms with Crippen molar-refractivity contribution in [2.75, 3.05) is 13.1 Å². The van der Waals surface area contributed by atoms with E-state index in [0.29, 0.717) is 12.5 Å². The second kappa shape index (κ2) is 6.10. The van der Waals surface area contributed by atoms with Crippen LogP contribution >= 0.6 is 0 Å². The standard InChI is InChI=1S/C18H20N2O/c19-17-11-16(14-7-3-1-4-8-14)12-20(13-17)18(21)15-9-5-2-6-10-15/h1-10,16-17H,11-13,19H2. The van der Waals surface area contributed by atoms with Gasteiger partial charge in [-0.2, -0.15) is 0 Å². The molecule has 0 aromatic heterocycles. The Balaban J connectivity index is 1.79. The lowest BCUT2D eigenvalue weighted by Gasteiger charge is -2.36. The number of hydrogen-bond acceptors (Lipinski definition) is 2. The third-order valence-corrected chi connectivity index (χ3v) is 4.06. The highest BCUT2D eigenvalue weighted by Crippen LogP contribution is 2.27. The maximum absolute atomic E-state index is 12.6. The van der Waals surface area contributed by atoms with Gasteiger partial charge in [-0.3, -0.25) is 4.79 Å². The fourth-order valence-electron chi connectivity index (χ4n) is 3.03. The van der Waals surface area contributed by atoms with Crippen LogP contribution in [0.4, 0.5) is 0 Å². The summed E-state index contributed by atoms with van der Waals surface area (Å²) in [4.78, 5) is 14.5. The number of carbonyl (C=O) groups excluding carboxylic acids is 1. The van der Waals surface area contributed by atoms with Gasteiger partial charge in [0.25, 0.3) is 5.91 Å². The first-order chi connectivity index (χ1) is 10.2. The molecule has 0 saturated carbocycles. The quantitative estimate of drug-likeness (QED) is 0.919. The Bertz CT molecular complexity index is 597. The van der Waals surface area contributed by atoms with Gasteiger partial charge in [-0.15, -0.1) is 0 Å². The second-order valence-corrected chi connectivity index (χ2v) is 5.68. The first kappa shape index (κ1) is 13.8. The minimum Gasteiger partial charge on any atom is -0.336 e. The van der Waals surface area contributed by atoms with Crippen LogP contribution in [0.1, 0.15) is 28.3 Å². The van der Waals surface area contributed by atoms with Crippen molar-refractivity contribution in [3.63, 3.8) is 0 Å². The van der Waals surface area contributed by atoms with Crippen molar-refractivity contribution in [3.8, 4) is 0 Å². The third-order valence-electron chi connectivity index (χ3n) is 4.06. The molecule has 0 spiro atoms. The molecule has 1 aliphatic rings. The number of nitrogens with two attached hydrogens (primary N) is 1. The lowest BCUT2D eigenvalue weighted by molar-refractivity contribution is 0.0689. The summed E-state index contributed by atoms with van der Waals surface area (Å²) in [5.74, 6) is 0.397. The van der Waals surface area contributed by atoms with Gasteiger partial charge in [0.2, 0.25) is 0 Å². The molecule has 1 aliphatic heterocycles. The minimum atomic E-state index is 0.0385. The summed E-state index contributed by atoms with van der Waals surface area (Å²) in [5.41, 5.74) is 8.17. The lowest BCUT2D eigenvalue weighted by Crippen LogP contribution is -2.48. The van der Waals surface area contributed by atoms with Crippen molar-refractivity contribution in [2.24, 2.45) is 5.73 Å². The maximum Gasteiger partial charge on any atom is 0.253 e. The first-order valence-corrected chi connectivity index (χ1v) is 7.39. The van der Waals surface area contributed by atoms with Crippen LogP contribution in [0, 0.1) is 0 Å². The maximum atomic E-state index is 12.6. The molecule has 0 radical (unpaired) electrons. The Morgan fingerprint density at radius 1 is 0.952 bits per heavy atom. The fourth-order valence-corrected chi connectivity index (χ4v) is 3.03. The summed E-state index contributed by atoms with van der Waals surface area (Å²) in [6.45, 7) is 1.38. The molecule has 2 aromatic carbocycles. The number of benzene rings is 2. The molecule has 1 saturated heterocycles. The Morgan fingerprint density at radius 3 is 2.24 bits per heavy atom. The highest BCUT2D eigenvalue weighted by Gasteiger charge is 2.29. The van der Waals surface area contributed by atoms with Gasteiger partial charge in [-0.1, -0.05) is 48.5 Å². The molecule has 1 amide bonds. The summed E-state index contributed by atoms with van der Waals surface area (Å²) in [7, 11) is 0. The number of carbonyl (C=O) groups is 1. The van der Waals surface area contributed by atoms with Gasteiger partial charge in [0, 0.05) is 30.6 Å². The molecule has 2 N–H and O–H groups in total. The zero-order valence-electron chi connectivity index (χ0n) is 12.0. The molecule has 2 atom stereocenters. The number of rotatable bonds is 2. The average molecular weight is 280 g/mol. The summed E-state index contributed by atoms with van der Waals surface area (Å²) >= 11 is 0. The van der Waals surface area contributed by atoms with E-state index in [1.807, 2.05) is 53.4 Å². The van der Waals surface area contributed by atoms with E-state index in [1.54, 1.807) is 0 Å². The van der Waals surface area contributed by atoms with Crippen molar-refractivity contribution in [3.05, 3.63) is 71.8 Å². The van der Waals surface area contributed by atoms with Crippen LogP contribution in [-0.4, -0.2) is 29.9 Å². The molecule has 0 aliphatic carbocycles. The van der Waals surface area contributed by atoms with Gasteiger partial charge in [0.05, 0.1) is 0 Å². The zero-order chi connectivity index (χ0) is 14.7. The van der Waals surface area contributed by atoms with Crippen LogP contribution in [-0.2, 0) is 0 Å². The molecule has 3 nitrogen and oxygen atoms in total. The molecule has 1 fully saturated rings. The van der Waals surface area contributed by atoms with Gasteiger partial charge in [0.1, 0.15) is 0 Å². The number of likely N-dealkylation sites (tertiary alicyclic amines) is 1. The number of hydrogen-bond donors (Lipinski definition) is 1. The summed E-state index contributed by atoms with van der Waals surface area (Å²) in [5, 5.41) is 0. The van der Waals surface area contributed by atoms with Gasteiger partial charge in [0.15, 0.2) is 0 Å². The highest BCUT2D eigenvalue weighted by atomic mass is 16.2. The smallest absolute Gasteiger partial charge is 0.253 e. The van der Waals surface area contributed by atoms with E-state index in [4.69, 9.17) is 5.73 Å². The van der Waals surface area contributed by atoms with Crippen molar-refractivity contribution in [1.82, 2.24) is 4.90 Å². The molecular weight excluding hydrogens is 260 g/mol. The normalized spacial score (nSPS) is 22.0. The van der Waals surface area contributed by atoms with E-state index in [0.717, 1.165) is 18.5 Å². The molecule has 1 heterocycles. The lowest BCUT2D eigenvalue weighted by atomic mass is 9.88. The Kier molecular flexibility index (Phi) is 4.02. The molecule has 3 heteroatoms. The van der Waals surface area contributed by atoms with Crippen LogP contribution in [0.3, 0.4) is 0 Å². The predicted octanol–water partition coefficient (Wildman–Crippen LogP) is 2.64. The molecule has 2 aromatic rings. The van der Waals surface area contributed by atoms with E-state index in [1.165, 1.54) is 5.56 Å². The Labute approximate surface area is 125 Å². The van der Waals surface area contributed by atoms with Gasteiger partial charge in [-0.25, -0.2) is 0 Å². The SMILES string of the molecule is NC1CC(c2ccccc2)CN(C(=O)c2ccccc2)C1. The van der Waals surface area contributed by atoms with Crippen LogP contribution < -0.4 is 5.73 Å². The molecule has 108 valence electrons.